The minimum atomic E-state index is -1.90. The molecule has 1 fully saturated rings. The predicted octanol–water partition coefficient (Wildman–Crippen LogP) is 3.08. The van der Waals surface area contributed by atoms with E-state index in [1.807, 2.05) is 13.0 Å². The summed E-state index contributed by atoms with van der Waals surface area (Å²) < 4.78 is 18.0. The molecule has 3 atom stereocenters. The molecule has 0 radical (unpaired) electrons. The van der Waals surface area contributed by atoms with Crippen LogP contribution in [-0.2, 0) is 18.7 Å². The van der Waals surface area contributed by atoms with E-state index in [9.17, 15) is 4.79 Å². The molecule has 3 unspecified atom stereocenters. The third-order valence-electron chi connectivity index (χ3n) is 5.00. The lowest BCUT2D eigenvalue weighted by molar-refractivity contribution is -0.143. The zero-order valence-electron chi connectivity index (χ0n) is 14.1. The van der Waals surface area contributed by atoms with Crippen molar-refractivity contribution in [2.75, 3.05) is 13.2 Å². The maximum atomic E-state index is 12.4. The summed E-state index contributed by atoms with van der Waals surface area (Å²) in [6.45, 7) is 13.9. The van der Waals surface area contributed by atoms with Crippen LogP contribution >= 0.6 is 0 Å². The smallest absolute Gasteiger partial charge is 0.192 e. The van der Waals surface area contributed by atoms with Gasteiger partial charge in [0.05, 0.1) is 12.7 Å². The van der Waals surface area contributed by atoms with Gasteiger partial charge in [-0.05, 0) is 37.2 Å². The van der Waals surface area contributed by atoms with Gasteiger partial charge in [-0.2, -0.15) is 0 Å². The molecule has 120 valence electrons. The number of hydrogen-bond acceptors (Lipinski definition) is 4. The van der Waals surface area contributed by atoms with E-state index in [0.29, 0.717) is 19.6 Å². The first kappa shape index (κ1) is 16.9. The highest BCUT2D eigenvalue weighted by Crippen LogP contribution is 2.41. The van der Waals surface area contributed by atoms with Crippen LogP contribution in [0.1, 0.15) is 34.1 Å². The van der Waals surface area contributed by atoms with E-state index in [1.165, 1.54) is 0 Å². The van der Waals surface area contributed by atoms with Crippen molar-refractivity contribution in [3.8, 4) is 0 Å². The molecule has 2 rings (SSSR count). The van der Waals surface area contributed by atoms with Crippen molar-refractivity contribution in [1.82, 2.24) is 0 Å². The fraction of sp³-hybridized carbons (Fsp3) is 0.812. The van der Waals surface area contributed by atoms with Crippen LogP contribution in [0.25, 0.3) is 0 Å². The molecule has 21 heavy (non-hydrogen) atoms. The Kier molecular flexibility index (Phi) is 4.51. The normalized spacial score (nSPS) is 32.8. The molecule has 2 aliphatic heterocycles. The average molecular weight is 312 g/mol. The summed E-state index contributed by atoms with van der Waals surface area (Å²) in [5.74, 6) is 0.0136. The van der Waals surface area contributed by atoms with Crippen LogP contribution in [0.2, 0.25) is 18.1 Å². The molecule has 5 heteroatoms. The van der Waals surface area contributed by atoms with Crippen LogP contribution in [0.4, 0.5) is 0 Å². The van der Waals surface area contributed by atoms with Gasteiger partial charge in [0.15, 0.2) is 19.7 Å². The number of fused-ring (bicyclic) bond motifs is 2. The maximum absolute atomic E-state index is 12.4. The van der Waals surface area contributed by atoms with Gasteiger partial charge in [0.2, 0.25) is 0 Å². The average Bonchev–Trinajstić information content (AvgIpc) is 2.67. The van der Waals surface area contributed by atoms with Gasteiger partial charge in [-0.1, -0.05) is 20.8 Å². The Morgan fingerprint density at radius 1 is 1.43 bits per heavy atom. The lowest BCUT2D eigenvalue weighted by atomic mass is 9.95. The molecule has 4 nitrogen and oxygen atoms in total. The highest BCUT2D eigenvalue weighted by atomic mass is 28.4. The van der Waals surface area contributed by atoms with Gasteiger partial charge in [0.25, 0.3) is 0 Å². The predicted molar refractivity (Wildman–Crippen MR) is 84.9 cm³/mol. The minimum absolute atomic E-state index is 0.0136. The first-order valence-electron chi connectivity index (χ1n) is 7.77. The Balaban J connectivity index is 2.11. The summed E-state index contributed by atoms with van der Waals surface area (Å²) in [6, 6.07) is 0. The summed E-state index contributed by atoms with van der Waals surface area (Å²) in [5, 5.41) is 0.120. The van der Waals surface area contributed by atoms with Crippen LogP contribution in [0, 0.1) is 0 Å². The van der Waals surface area contributed by atoms with Crippen molar-refractivity contribution >= 4 is 14.1 Å². The standard InChI is InChI=1S/C16H28O4Si/c1-7-18-13-10-16(14(17)9-8-12(13)20-16)11-19-21(5,6)15(2,3)4/h8-9,12-13H,7,10-11H2,1-6H3. The second-order valence-electron chi connectivity index (χ2n) is 7.55. The molecule has 2 heterocycles. The fourth-order valence-corrected chi connectivity index (χ4v) is 3.55. The molecule has 0 aromatic heterocycles. The molecule has 0 amide bonds. The zero-order chi connectivity index (χ0) is 15.9. The van der Waals surface area contributed by atoms with E-state index in [4.69, 9.17) is 13.9 Å². The van der Waals surface area contributed by atoms with Gasteiger partial charge in [0.1, 0.15) is 6.10 Å². The number of hydrogen-bond donors (Lipinski definition) is 0. The SMILES string of the molecule is CCOC1CC2(CO[Si](C)(C)C(C)(C)C)OC1C=CC2=O. The number of ether oxygens (including phenoxy) is 2. The van der Waals surface area contributed by atoms with Crippen LogP contribution < -0.4 is 0 Å². The monoisotopic (exact) mass is 312 g/mol. The number of rotatable bonds is 5. The second-order valence-corrected chi connectivity index (χ2v) is 12.4. The number of carbonyl (C=O) groups excluding carboxylic acids is 1. The van der Waals surface area contributed by atoms with E-state index in [0.717, 1.165) is 0 Å². The van der Waals surface area contributed by atoms with Crippen LogP contribution in [0.5, 0.6) is 0 Å². The van der Waals surface area contributed by atoms with Gasteiger partial charge in [0, 0.05) is 13.0 Å². The topological polar surface area (TPSA) is 44.8 Å². The highest BCUT2D eigenvalue weighted by molar-refractivity contribution is 6.74. The molecule has 0 aromatic carbocycles. The van der Waals surface area contributed by atoms with Crippen LogP contribution in [0.15, 0.2) is 12.2 Å². The molecule has 0 aromatic rings. The lowest BCUT2D eigenvalue weighted by Crippen LogP contribution is -2.50. The Morgan fingerprint density at radius 2 is 2.10 bits per heavy atom. The minimum Gasteiger partial charge on any atom is -0.413 e. The maximum Gasteiger partial charge on any atom is 0.192 e. The molecular formula is C16H28O4Si. The largest absolute Gasteiger partial charge is 0.413 e. The van der Waals surface area contributed by atoms with E-state index < -0.39 is 13.9 Å². The first-order valence-corrected chi connectivity index (χ1v) is 10.7. The molecule has 0 spiro atoms. The summed E-state index contributed by atoms with van der Waals surface area (Å²) in [7, 11) is -1.90. The van der Waals surface area contributed by atoms with Gasteiger partial charge in [-0.15, -0.1) is 0 Å². The molecule has 2 bridgehead atoms. The lowest BCUT2D eigenvalue weighted by Gasteiger charge is -2.39. The quantitative estimate of drug-likeness (QED) is 0.732. The molecule has 0 saturated carbocycles. The molecule has 0 aliphatic carbocycles. The third-order valence-corrected chi connectivity index (χ3v) is 9.48. The summed E-state index contributed by atoms with van der Waals surface area (Å²) >= 11 is 0. The molecular weight excluding hydrogens is 284 g/mol. The number of ketones is 1. The van der Waals surface area contributed by atoms with E-state index >= 15 is 0 Å². The summed E-state index contributed by atoms with van der Waals surface area (Å²) in [5.41, 5.74) is -0.839. The summed E-state index contributed by atoms with van der Waals surface area (Å²) in [6.07, 6.45) is 3.89. The van der Waals surface area contributed by atoms with Gasteiger partial charge in [-0.3, -0.25) is 4.79 Å². The highest BCUT2D eigenvalue weighted by Gasteiger charge is 2.54. The van der Waals surface area contributed by atoms with Gasteiger partial charge in [-0.25, -0.2) is 0 Å². The zero-order valence-corrected chi connectivity index (χ0v) is 15.1. The molecule has 2 aliphatic rings. The van der Waals surface area contributed by atoms with Crippen molar-refractivity contribution in [3.05, 3.63) is 12.2 Å². The Hall–Kier alpha value is -0.493. The third kappa shape index (κ3) is 3.16. The van der Waals surface area contributed by atoms with Crippen molar-refractivity contribution in [3.63, 3.8) is 0 Å². The van der Waals surface area contributed by atoms with Crippen molar-refractivity contribution in [1.29, 1.82) is 0 Å². The van der Waals surface area contributed by atoms with Gasteiger partial charge < -0.3 is 13.9 Å². The molecule has 0 N–H and O–H groups in total. The Morgan fingerprint density at radius 3 is 2.67 bits per heavy atom. The fourth-order valence-electron chi connectivity index (χ4n) is 2.53. The summed E-state index contributed by atoms with van der Waals surface area (Å²) in [4.78, 5) is 12.4. The van der Waals surface area contributed by atoms with Crippen LogP contribution in [-0.4, -0.2) is 45.1 Å². The van der Waals surface area contributed by atoms with Crippen LogP contribution in [0.3, 0.4) is 0 Å². The molecule has 1 saturated heterocycles. The van der Waals surface area contributed by atoms with Crippen molar-refractivity contribution in [2.45, 2.75) is 70.1 Å². The van der Waals surface area contributed by atoms with Gasteiger partial charge >= 0.3 is 0 Å². The van der Waals surface area contributed by atoms with E-state index in [2.05, 4.69) is 33.9 Å². The Labute approximate surface area is 129 Å². The first-order chi connectivity index (χ1) is 9.61. The Bertz CT molecular complexity index is 438. The van der Waals surface area contributed by atoms with E-state index in [-0.39, 0.29) is 23.0 Å². The van der Waals surface area contributed by atoms with Crippen molar-refractivity contribution < 1.29 is 18.7 Å². The number of carbonyl (C=O) groups is 1. The second kappa shape index (κ2) is 5.61. The van der Waals surface area contributed by atoms with Crippen molar-refractivity contribution in [2.24, 2.45) is 0 Å². The van der Waals surface area contributed by atoms with E-state index in [1.54, 1.807) is 6.08 Å².